The summed E-state index contributed by atoms with van der Waals surface area (Å²) in [6.45, 7) is 6.81. The predicted octanol–water partition coefficient (Wildman–Crippen LogP) is 2.75. The van der Waals surface area contributed by atoms with Crippen LogP contribution in [0.5, 0.6) is 5.75 Å². The second kappa shape index (κ2) is 4.99. The van der Waals surface area contributed by atoms with E-state index >= 15 is 0 Å². The average Bonchev–Trinajstić information content (AvgIpc) is 2.69. The second-order valence-electron chi connectivity index (χ2n) is 4.26. The van der Waals surface area contributed by atoms with E-state index in [-0.39, 0.29) is 0 Å². The molecule has 4 nitrogen and oxygen atoms in total. The largest absolute Gasteiger partial charge is 0.484 e. The minimum atomic E-state index is 0.394. The molecule has 0 fully saturated rings. The van der Waals surface area contributed by atoms with Crippen LogP contribution < -0.4 is 4.74 Å². The van der Waals surface area contributed by atoms with Gasteiger partial charge in [0.05, 0.1) is 6.20 Å². The van der Waals surface area contributed by atoms with Crippen molar-refractivity contribution < 1.29 is 4.74 Å². The lowest BCUT2D eigenvalue weighted by Gasteiger charge is -2.14. The van der Waals surface area contributed by atoms with E-state index in [1.807, 2.05) is 18.3 Å². The van der Waals surface area contributed by atoms with E-state index in [0.29, 0.717) is 12.6 Å². The first-order valence-electron chi connectivity index (χ1n) is 5.74. The highest BCUT2D eigenvalue weighted by atomic mass is 16.5. The molecule has 2 aromatic heterocycles. The predicted molar refractivity (Wildman–Crippen MR) is 65.9 cm³/mol. The van der Waals surface area contributed by atoms with Crippen molar-refractivity contribution in [2.75, 3.05) is 0 Å². The van der Waals surface area contributed by atoms with E-state index in [9.17, 15) is 0 Å². The fraction of sp³-hybridized carbons (Fsp3) is 0.385. The molecule has 0 saturated carbocycles. The normalized spacial score (nSPS) is 10.8. The van der Waals surface area contributed by atoms with E-state index in [1.165, 1.54) is 0 Å². The molecule has 0 amide bonds. The number of nitrogens with zero attached hydrogens (tertiary/aromatic N) is 3. The Morgan fingerprint density at radius 1 is 1.35 bits per heavy atom. The molecule has 0 aliphatic carbocycles. The number of pyridine rings is 1. The SMILES string of the molecule is Cc1cnc(COc2cccnc2)n1C(C)C. The van der Waals surface area contributed by atoms with E-state index < -0.39 is 0 Å². The summed E-state index contributed by atoms with van der Waals surface area (Å²) in [5.74, 6) is 1.71. The number of aromatic nitrogens is 3. The minimum absolute atomic E-state index is 0.394. The summed E-state index contributed by atoms with van der Waals surface area (Å²) >= 11 is 0. The van der Waals surface area contributed by atoms with Gasteiger partial charge in [-0.1, -0.05) is 0 Å². The Balaban J connectivity index is 2.09. The Bertz CT molecular complexity index is 477. The monoisotopic (exact) mass is 231 g/mol. The number of rotatable bonds is 4. The average molecular weight is 231 g/mol. The van der Waals surface area contributed by atoms with Crippen LogP contribution in [0.1, 0.15) is 31.4 Å². The fourth-order valence-electron chi connectivity index (χ4n) is 1.89. The lowest BCUT2D eigenvalue weighted by atomic mass is 10.3. The van der Waals surface area contributed by atoms with Gasteiger partial charge in [0, 0.05) is 24.1 Å². The lowest BCUT2D eigenvalue weighted by molar-refractivity contribution is 0.285. The van der Waals surface area contributed by atoms with Crippen molar-refractivity contribution in [2.45, 2.75) is 33.4 Å². The zero-order chi connectivity index (χ0) is 12.3. The third-order valence-corrected chi connectivity index (χ3v) is 2.58. The zero-order valence-electron chi connectivity index (χ0n) is 10.4. The maximum absolute atomic E-state index is 5.65. The van der Waals surface area contributed by atoms with Crippen LogP contribution in [0.4, 0.5) is 0 Å². The van der Waals surface area contributed by atoms with Gasteiger partial charge in [0.1, 0.15) is 18.2 Å². The molecule has 2 heterocycles. The number of hydrogen-bond acceptors (Lipinski definition) is 3. The molecule has 4 heteroatoms. The number of ether oxygens (including phenoxy) is 1. The van der Waals surface area contributed by atoms with Crippen molar-refractivity contribution in [3.05, 3.63) is 42.2 Å². The van der Waals surface area contributed by atoms with Gasteiger partial charge < -0.3 is 9.30 Å². The third-order valence-electron chi connectivity index (χ3n) is 2.58. The smallest absolute Gasteiger partial charge is 0.147 e. The molecule has 0 radical (unpaired) electrons. The van der Waals surface area contributed by atoms with E-state index in [1.54, 1.807) is 12.4 Å². The molecule has 0 aromatic carbocycles. The van der Waals surface area contributed by atoms with Gasteiger partial charge in [-0.3, -0.25) is 4.98 Å². The van der Waals surface area contributed by atoms with Crippen LogP contribution in [0, 0.1) is 6.92 Å². The van der Waals surface area contributed by atoms with Crippen molar-refractivity contribution in [2.24, 2.45) is 0 Å². The van der Waals surface area contributed by atoms with Crippen LogP contribution in [0.2, 0.25) is 0 Å². The van der Waals surface area contributed by atoms with Gasteiger partial charge in [0.25, 0.3) is 0 Å². The van der Waals surface area contributed by atoms with Crippen LogP contribution in [0.25, 0.3) is 0 Å². The van der Waals surface area contributed by atoms with Gasteiger partial charge in [-0.2, -0.15) is 0 Å². The van der Waals surface area contributed by atoms with Crippen molar-refractivity contribution >= 4 is 0 Å². The minimum Gasteiger partial charge on any atom is -0.484 e. The van der Waals surface area contributed by atoms with Gasteiger partial charge in [0.2, 0.25) is 0 Å². The van der Waals surface area contributed by atoms with Crippen LogP contribution in [0.3, 0.4) is 0 Å². The molecule has 90 valence electrons. The standard InChI is InChI=1S/C13H17N3O/c1-10(2)16-11(3)7-15-13(16)9-17-12-5-4-6-14-8-12/h4-8,10H,9H2,1-3H3. The quantitative estimate of drug-likeness (QED) is 0.812. The zero-order valence-corrected chi connectivity index (χ0v) is 10.4. The Labute approximate surface area is 101 Å². The summed E-state index contributed by atoms with van der Waals surface area (Å²) in [6.07, 6.45) is 5.31. The van der Waals surface area contributed by atoms with E-state index in [2.05, 4.69) is 35.3 Å². The van der Waals surface area contributed by atoms with E-state index in [4.69, 9.17) is 4.74 Å². The highest BCUT2D eigenvalue weighted by molar-refractivity contribution is 5.16. The maximum atomic E-state index is 5.65. The Morgan fingerprint density at radius 2 is 2.18 bits per heavy atom. The summed E-state index contributed by atoms with van der Waals surface area (Å²) in [5, 5.41) is 0. The highest BCUT2D eigenvalue weighted by Crippen LogP contribution is 2.15. The molecule has 0 unspecified atom stereocenters. The molecule has 0 bridgehead atoms. The topological polar surface area (TPSA) is 39.9 Å². The first-order valence-corrected chi connectivity index (χ1v) is 5.74. The highest BCUT2D eigenvalue weighted by Gasteiger charge is 2.10. The van der Waals surface area contributed by atoms with Gasteiger partial charge in [-0.05, 0) is 32.9 Å². The van der Waals surface area contributed by atoms with E-state index in [0.717, 1.165) is 17.3 Å². The molecule has 2 rings (SSSR count). The number of imidazole rings is 1. The Hall–Kier alpha value is -1.84. The Morgan fingerprint density at radius 3 is 2.82 bits per heavy atom. The molecule has 0 atom stereocenters. The maximum Gasteiger partial charge on any atom is 0.147 e. The van der Waals surface area contributed by atoms with Gasteiger partial charge in [-0.25, -0.2) is 4.98 Å². The summed E-state index contributed by atoms with van der Waals surface area (Å²) in [5.41, 5.74) is 1.16. The molecule has 0 aliphatic rings. The lowest BCUT2D eigenvalue weighted by Crippen LogP contribution is -2.10. The first kappa shape index (κ1) is 11.6. The summed E-state index contributed by atoms with van der Waals surface area (Å²) in [4.78, 5) is 8.38. The summed E-state index contributed by atoms with van der Waals surface area (Å²) in [7, 11) is 0. The Kier molecular flexibility index (Phi) is 3.42. The van der Waals surface area contributed by atoms with Crippen molar-refractivity contribution in [3.63, 3.8) is 0 Å². The van der Waals surface area contributed by atoms with Crippen LogP contribution >= 0.6 is 0 Å². The molecule has 17 heavy (non-hydrogen) atoms. The fourth-order valence-corrected chi connectivity index (χ4v) is 1.89. The molecular formula is C13H17N3O. The molecule has 0 saturated heterocycles. The number of hydrogen-bond donors (Lipinski definition) is 0. The first-order chi connectivity index (χ1) is 8.18. The third kappa shape index (κ3) is 2.64. The molecule has 2 aromatic rings. The van der Waals surface area contributed by atoms with Crippen LogP contribution in [-0.4, -0.2) is 14.5 Å². The van der Waals surface area contributed by atoms with Gasteiger partial charge in [-0.15, -0.1) is 0 Å². The second-order valence-corrected chi connectivity index (χ2v) is 4.26. The van der Waals surface area contributed by atoms with Crippen molar-refractivity contribution in [1.82, 2.24) is 14.5 Å². The molecule has 0 N–H and O–H groups in total. The van der Waals surface area contributed by atoms with Crippen LogP contribution in [0.15, 0.2) is 30.7 Å². The summed E-state index contributed by atoms with van der Waals surface area (Å²) < 4.78 is 7.83. The molecular weight excluding hydrogens is 214 g/mol. The van der Waals surface area contributed by atoms with Crippen LogP contribution in [-0.2, 0) is 6.61 Å². The van der Waals surface area contributed by atoms with Crippen molar-refractivity contribution in [3.8, 4) is 5.75 Å². The van der Waals surface area contributed by atoms with Gasteiger partial charge >= 0.3 is 0 Å². The molecule has 0 spiro atoms. The van der Waals surface area contributed by atoms with Gasteiger partial charge in [0.15, 0.2) is 0 Å². The van der Waals surface area contributed by atoms with Crippen molar-refractivity contribution in [1.29, 1.82) is 0 Å². The number of aryl methyl sites for hydroxylation is 1. The summed E-state index contributed by atoms with van der Waals surface area (Å²) in [6, 6.07) is 4.14. The molecule has 0 aliphatic heterocycles.